The second-order valence-corrected chi connectivity index (χ2v) is 9.29. The molecule has 3 aromatic rings. The molecule has 5 rings (SSSR count). The first-order chi connectivity index (χ1) is 15.0. The maximum absolute atomic E-state index is 13.3. The molecule has 0 radical (unpaired) electrons. The lowest BCUT2D eigenvalue weighted by molar-refractivity contribution is 0.0910. The first-order valence-corrected chi connectivity index (χ1v) is 11.4. The number of piperidine rings is 1. The van der Waals surface area contributed by atoms with E-state index in [1.54, 1.807) is 4.68 Å². The monoisotopic (exact) mass is 417 g/mol. The van der Waals surface area contributed by atoms with Gasteiger partial charge in [-0.05, 0) is 51.2 Å². The Kier molecular flexibility index (Phi) is 5.26. The van der Waals surface area contributed by atoms with Gasteiger partial charge in [0.2, 0.25) is 0 Å². The minimum atomic E-state index is 0.0162. The summed E-state index contributed by atoms with van der Waals surface area (Å²) in [6.07, 6.45) is 4.28. The van der Waals surface area contributed by atoms with Gasteiger partial charge in [0.15, 0.2) is 5.65 Å². The van der Waals surface area contributed by atoms with Gasteiger partial charge in [-0.15, -0.1) is 0 Å². The lowest BCUT2D eigenvalue weighted by atomic mass is 10.0. The Balaban J connectivity index is 1.27. The van der Waals surface area contributed by atoms with Crippen LogP contribution in [0.15, 0.2) is 30.3 Å². The van der Waals surface area contributed by atoms with Crippen molar-refractivity contribution in [1.29, 1.82) is 0 Å². The number of hydrogen-bond acceptors (Lipinski definition) is 4. The van der Waals surface area contributed by atoms with E-state index in [0.717, 1.165) is 73.3 Å². The van der Waals surface area contributed by atoms with E-state index in [-0.39, 0.29) is 11.9 Å². The lowest BCUT2D eigenvalue weighted by Crippen LogP contribution is -2.44. The highest BCUT2D eigenvalue weighted by Crippen LogP contribution is 2.40. The van der Waals surface area contributed by atoms with E-state index in [9.17, 15) is 4.79 Å². The van der Waals surface area contributed by atoms with Crippen molar-refractivity contribution < 1.29 is 4.79 Å². The molecule has 1 saturated carbocycles. The minimum Gasteiger partial charge on any atom is -0.349 e. The third-order valence-corrected chi connectivity index (χ3v) is 6.64. The summed E-state index contributed by atoms with van der Waals surface area (Å²) in [5.41, 5.74) is 6.12. The van der Waals surface area contributed by atoms with Crippen molar-refractivity contribution in [3.63, 3.8) is 0 Å². The van der Waals surface area contributed by atoms with Crippen molar-refractivity contribution in [2.24, 2.45) is 7.05 Å². The van der Waals surface area contributed by atoms with Crippen molar-refractivity contribution in [1.82, 2.24) is 25.0 Å². The number of likely N-dealkylation sites (tertiary alicyclic amines) is 1. The van der Waals surface area contributed by atoms with Crippen LogP contribution in [0.25, 0.3) is 11.0 Å². The Bertz CT molecular complexity index is 1120. The molecule has 1 saturated heterocycles. The molecule has 1 amide bonds. The van der Waals surface area contributed by atoms with Crippen molar-refractivity contribution in [2.75, 3.05) is 13.1 Å². The molecular formula is C25H31N5O. The normalized spacial score (nSPS) is 17.9. The summed E-state index contributed by atoms with van der Waals surface area (Å²) < 4.78 is 1.80. The van der Waals surface area contributed by atoms with Gasteiger partial charge in [0.25, 0.3) is 5.91 Å². The number of nitrogens with one attached hydrogen (secondary N) is 1. The van der Waals surface area contributed by atoms with Gasteiger partial charge in [-0.25, -0.2) is 4.98 Å². The Morgan fingerprint density at radius 3 is 2.61 bits per heavy atom. The summed E-state index contributed by atoms with van der Waals surface area (Å²) in [6, 6.07) is 10.9. The number of nitrogens with zero attached hydrogens (tertiary/aromatic N) is 4. The van der Waals surface area contributed by atoms with Crippen LogP contribution in [0, 0.1) is 13.8 Å². The predicted octanol–water partition coefficient (Wildman–Crippen LogP) is 3.86. The smallest absolute Gasteiger partial charge is 0.252 e. The SMILES string of the molecule is Cc1cccc(CN2CCC(NC(=O)c3cc(C4CC4)nc4c3c(C)nn4C)CC2)c1. The molecule has 1 aliphatic carbocycles. The van der Waals surface area contributed by atoms with Gasteiger partial charge in [-0.1, -0.05) is 29.8 Å². The molecule has 2 aliphatic rings. The summed E-state index contributed by atoms with van der Waals surface area (Å²) in [4.78, 5) is 20.6. The third kappa shape index (κ3) is 4.22. The van der Waals surface area contributed by atoms with Gasteiger partial charge in [-0.2, -0.15) is 5.10 Å². The minimum absolute atomic E-state index is 0.0162. The van der Waals surface area contributed by atoms with Crippen LogP contribution in [0.5, 0.6) is 0 Å². The van der Waals surface area contributed by atoms with Crippen molar-refractivity contribution >= 4 is 16.9 Å². The van der Waals surface area contributed by atoms with Crippen LogP contribution in [0.3, 0.4) is 0 Å². The Morgan fingerprint density at radius 1 is 1.13 bits per heavy atom. The quantitative estimate of drug-likeness (QED) is 0.685. The Hall–Kier alpha value is -2.73. The van der Waals surface area contributed by atoms with Gasteiger partial charge in [0, 0.05) is 44.3 Å². The van der Waals surface area contributed by atoms with Crippen LogP contribution in [0.2, 0.25) is 0 Å². The van der Waals surface area contributed by atoms with E-state index in [1.165, 1.54) is 11.1 Å². The molecule has 31 heavy (non-hydrogen) atoms. The van der Waals surface area contributed by atoms with Crippen LogP contribution in [-0.2, 0) is 13.6 Å². The summed E-state index contributed by atoms with van der Waals surface area (Å²) in [6.45, 7) is 7.09. The molecule has 6 heteroatoms. The maximum atomic E-state index is 13.3. The predicted molar refractivity (Wildman–Crippen MR) is 122 cm³/mol. The van der Waals surface area contributed by atoms with Crippen LogP contribution in [-0.4, -0.2) is 44.7 Å². The molecule has 0 atom stereocenters. The summed E-state index contributed by atoms with van der Waals surface area (Å²) >= 11 is 0. The zero-order chi connectivity index (χ0) is 21.5. The van der Waals surface area contributed by atoms with Gasteiger partial charge in [0.05, 0.1) is 16.6 Å². The number of aromatic nitrogens is 3. The number of carbonyl (C=O) groups is 1. The molecule has 3 heterocycles. The average Bonchev–Trinajstić information content (AvgIpc) is 3.55. The molecule has 1 aromatic carbocycles. The molecule has 1 aliphatic heterocycles. The summed E-state index contributed by atoms with van der Waals surface area (Å²) in [5.74, 6) is 0.513. The van der Waals surface area contributed by atoms with E-state index >= 15 is 0 Å². The van der Waals surface area contributed by atoms with E-state index in [1.807, 2.05) is 20.0 Å². The number of aryl methyl sites for hydroxylation is 3. The number of carbonyl (C=O) groups excluding carboxylic acids is 1. The Labute approximate surface area is 183 Å². The highest BCUT2D eigenvalue weighted by atomic mass is 16.1. The largest absolute Gasteiger partial charge is 0.349 e. The number of fused-ring (bicyclic) bond motifs is 1. The Morgan fingerprint density at radius 2 is 1.90 bits per heavy atom. The molecule has 0 unspecified atom stereocenters. The zero-order valence-electron chi connectivity index (χ0n) is 18.7. The number of pyridine rings is 1. The topological polar surface area (TPSA) is 63.1 Å². The molecule has 1 N–H and O–H groups in total. The first kappa shape index (κ1) is 20.2. The van der Waals surface area contributed by atoms with Gasteiger partial charge in [0.1, 0.15) is 0 Å². The summed E-state index contributed by atoms with van der Waals surface area (Å²) in [7, 11) is 1.91. The first-order valence-electron chi connectivity index (χ1n) is 11.4. The zero-order valence-corrected chi connectivity index (χ0v) is 18.7. The fraction of sp³-hybridized carbons (Fsp3) is 0.480. The highest BCUT2D eigenvalue weighted by molar-refractivity contribution is 6.06. The van der Waals surface area contributed by atoms with Crippen LogP contribution in [0.4, 0.5) is 0 Å². The number of hydrogen-bond donors (Lipinski definition) is 1. The standard InChI is InChI=1S/C25H31N5O/c1-16-5-4-6-18(13-16)15-30-11-9-20(10-12-30)26-25(31)21-14-22(19-7-8-19)27-24-23(21)17(2)28-29(24)3/h4-6,13-14,19-20H,7-12,15H2,1-3H3,(H,26,31). The van der Waals surface area contributed by atoms with Crippen LogP contribution >= 0.6 is 0 Å². The molecule has 0 bridgehead atoms. The number of benzene rings is 1. The third-order valence-electron chi connectivity index (χ3n) is 6.64. The van der Waals surface area contributed by atoms with Crippen molar-refractivity contribution in [3.05, 3.63) is 58.4 Å². The van der Waals surface area contributed by atoms with E-state index in [2.05, 4.69) is 46.5 Å². The van der Waals surface area contributed by atoms with E-state index in [0.29, 0.717) is 5.92 Å². The molecule has 162 valence electrons. The van der Waals surface area contributed by atoms with Gasteiger partial charge >= 0.3 is 0 Å². The molecular weight excluding hydrogens is 386 g/mol. The average molecular weight is 418 g/mol. The van der Waals surface area contributed by atoms with Gasteiger partial charge < -0.3 is 5.32 Å². The van der Waals surface area contributed by atoms with Gasteiger partial charge in [-0.3, -0.25) is 14.4 Å². The second-order valence-electron chi connectivity index (χ2n) is 9.29. The fourth-order valence-corrected chi connectivity index (χ4v) is 4.80. The summed E-state index contributed by atoms with van der Waals surface area (Å²) in [5, 5.41) is 8.73. The van der Waals surface area contributed by atoms with Crippen molar-refractivity contribution in [2.45, 2.75) is 58.0 Å². The lowest BCUT2D eigenvalue weighted by Gasteiger charge is -2.32. The molecule has 0 spiro atoms. The van der Waals surface area contributed by atoms with E-state index in [4.69, 9.17) is 4.98 Å². The number of amides is 1. The van der Waals surface area contributed by atoms with E-state index < -0.39 is 0 Å². The van der Waals surface area contributed by atoms with Crippen LogP contribution in [0.1, 0.15) is 64.5 Å². The second kappa shape index (κ2) is 8.08. The fourth-order valence-electron chi connectivity index (χ4n) is 4.80. The number of rotatable bonds is 5. The van der Waals surface area contributed by atoms with Crippen LogP contribution < -0.4 is 5.32 Å². The molecule has 2 aromatic heterocycles. The highest BCUT2D eigenvalue weighted by Gasteiger charge is 2.29. The molecule has 6 nitrogen and oxygen atoms in total. The maximum Gasteiger partial charge on any atom is 0.252 e. The molecule has 2 fully saturated rings. The van der Waals surface area contributed by atoms with Crippen molar-refractivity contribution in [3.8, 4) is 0 Å².